The van der Waals surface area contributed by atoms with E-state index in [4.69, 9.17) is 0 Å². The van der Waals surface area contributed by atoms with E-state index in [2.05, 4.69) is 15.3 Å². The molecule has 0 bridgehead atoms. The summed E-state index contributed by atoms with van der Waals surface area (Å²) in [6.45, 7) is 3.07. The molecule has 1 aromatic heterocycles. The number of likely N-dealkylation sites (tertiary alicyclic amines) is 1. The van der Waals surface area contributed by atoms with Gasteiger partial charge in [0.25, 0.3) is 0 Å². The predicted molar refractivity (Wildman–Crippen MR) is 71.9 cm³/mol. The van der Waals surface area contributed by atoms with E-state index in [1.807, 2.05) is 16.9 Å². The first-order valence-corrected chi connectivity index (χ1v) is 7.04. The van der Waals surface area contributed by atoms with Crippen LogP contribution in [0.25, 0.3) is 0 Å². The lowest BCUT2D eigenvalue weighted by atomic mass is 10.2. The molecular formula is C13H19N5O2. The molecule has 0 saturated carbocycles. The standard InChI is InChI=1S/C13H19N5O2/c19-12(18-8-5-14-13(18)20)10-16-6-1-3-11(16)9-17-7-2-4-15-17/h2,4,7,11H,1,3,5-6,8-10H2,(H,14,20)/t11-/m1/s1. The number of urea groups is 1. The highest BCUT2D eigenvalue weighted by atomic mass is 16.2. The number of nitrogens with zero attached hydrogens (tertiary/aromatic N) is 4. The van der Waals surface area contributed by atoms with Crippen molar-refractivity contribution in [2.24, 2.45) is 0 Å². The molecule has 2 aliphatic heterocycles. The van der Waals surface area contributed by atoms with Crippen molar-refractivity contribution in [3.05, 3.63) is 18.5 Å². The Hall–Kier alpha value is -1.89. The average Bonchev–Trinajstić information content (AvgIpc) is 3.13. The fourth-order valence-electron chi connectivity index (χ4n) is 2.90. The van der Waals surface area contributed by atoms with Gasteiger partial charge in [0, 0.05) is 31.5 Å². The Kier molecular flexibility index (Phi) is 3.68. The van der Waals surface area contributed by atoms with E-state index in [0.717, 1.165) is 25.9 Å². The zero-order valence-corrected chi connectivity index (χ0v) is 11.4. The predicted octanol–water partition coefficient (Wildman–Crippen LogP) is -0.101. The highest BCUT2D eigenvalue weighted by Gasteiger charge is 2.31. The first kappa shape index (κ1) is 13.1. The molecule has 1 aromatic rings. The first-order chi connectivity index (χ1) is 9.74. The Morgan fingerprint density at radius 1 is 1.45 bits per heavy atom. The highest BCUT2D eigenvalue weighted by Crippen LogP contribution is 2.18. The maximum Gasteiger partial charge on any atom is 0.324 e. The maximum atomic E-state index is 12.2. The Bertz CT molecular complexity index is 487. The summed E-state index contributed by atoms with van der Waals surface area (Å²) in [7, 11) is 0. The van der Waals surface area contributed by atoms with Crippen molar-refractivity contribution in [1.29, 1.82) is 0 Å². The molecule has 2 fully saturated rings. The summed E-state index contributed by atoms with van der Waals surface area (Å²) in [5, 5.41) is 6.87. The van der Waals surface area contributed by atoms with Gasteiger partial charge in [-0.15, -0.1) is 0 Å². The third-order valence-corrected chi connectivity index (χ3v) is 3.95. The summed E-state index contributed by atoms with van der Waals surface area (Å²) in [6, 6.07) is 1.96. The van der Waals surface area contributed by atoms with Crippen LogP contribution in [-0.4, -0.2) is 63.7 Å². The molecule has 3 amide bonds. The number of hydrogen-bond acceptors (Lipinski definition) is 4. The second-order valence-electron chi connectivity index (χ2n) is 5.27. The Labute approximate surface area is 117 Å². The van der Waals surface area contributed by atoms with E-state index < -0.39 is 0 Å². The van der Waals surface area contributed by atoms with E-state index in [1.54, 1.807) is 6.20 Å². The zero-order chi connectivity index (χ0) is 13.9. The van der Waals surface area contributed by atoms with Gasteiger partial charge in [-0.1, -0.05) is 0 Å². The van der Waals surface area contributed by atoms with Crippen LogP contribution >= 0.6 is 0 Å². The fraction of sp³-hybridized carbons (Fsp3) is 0.615. The van der Waals surface area contributed by atoms with Gasteiger partial charge in [-0.2, -0.15) is 5.10 Å². The number of rotatable bonds is 4. The Balaban J connectivity index is 1.58. The molecule has 7 nitrogen and oxygen atoms in total. The lowest BCUT2D eigenvalue weighted by Crippen LogP contribution is -2.44. The fourth-order valence-corrected chi connectivity index (χ4v) is 2.90. The van der Waals surface area contributed by atoms with Gasteiger partial charge in [-0.25, -0.2) is 4.79 Å². The van der Waals surface area contributed by atoms with Gasteiger partial charge in [-0.3, -0.25) is 19.3 Å². The Morgan fingerprint density at radius 3 is 3.05 bits per heavy atom. The van der Waals surface area contributed by atoms with Crippen LogP contribution in [0.3, 0.4) is 0 Å². The van der Waals surface area contributed by atoms with Crippen molar-refractivity contribution in [2.75, 3.05) is 26.2 Å². The summed E-state index contributed by atoms with van der Waals surface area (Å²) in [4.78, 5) is 27.1. The second-order valence-corrected chi connectivity index (χ2v) is 5.27. The second kappa shape index (κ2) is 5.62. The van der Waals surface area contributed by atoms with E-state index in [0.29, 0.717) is 25.7 Å². The van der Waals surface area contributed by atoms with Crippen molar-refractivity contribution < 1.29 is 9.59 Å². The van der Waals surface area contributed by atoms with Gasteiger partial charge < -0.3 is 5.32 Å². The summed E-state index contributed by atoms with van der Waals surface area (Å²) in [5.74, 6) is -0.104. The van der Waals surface area contributed by atoms with E-state index >= 15 is 0 Å². The molecule has 20 heavy (non-hydrogen) atoms. The molecule has 0 radical (unpaired) electrons. The smallest absolute Gasteiger partial charge is 0.324 e. The number of carbonyl (C=O) groups excluding carboxylic acids is 2. The van der Waals surface area contributed by atoms with Crippen LogP contribution in [-0.2, 0) is 11.3 Å². The Morgan fingerprint density at radius 2 is 2.35 bits per heavy atom. The molecule has 0 unspecified atom stereocenters. The summed E-state index contributed by atoms with van der Waals surface area (Å²) >= 11 is 0. The third-order valence-electron chi connectivity index (χ3n) is 3.95. The van der Waals surface area contributed by atoms with Crippen molar-refractivity contribution in [2.45, 2.75) is 25.4 Å². The van der Waals surface area contributed by atoms with Crippen LogP contribution in [0.4, 0.5) is 4.79 Å². The molecule has 2 saturated heterocycles. The first-order valence-electron chi connectivity index (χ1n) is 7.04. The molecule has 108 valence electrons. The van der Waals surface area contributed by atoms with Crippen LogP contribution in [0, 0.1) is 0 Å². The number of amides is 3. The van der Waals surface area contributed by atoms with E-state index in [-0.39, 0.29) is 11.9 Å². The number of aromatic nitrogens is 2. The normalized spacial score (nSPS) is 23.3. The minimum atomic E-state index is -0.266. The largest absolute Gasteiger partial charge is 0.336 e. The minimum absolute atomic E-state index is 0.104. The lowest BCUT2D eigenvalue weighted by molar-refractivity contribution is -0.129. The van der Waals surface area contributed by atoms with E-state index in [1.165, 1.54) is 4.90 Å². The van der Waals surface area contributed by atoms with Gasteiger partial charge in [0.2, 0.25) is 5.91 Å². The zero-order valence-electron chi connectivity index (χ0n) is 11.4. The van der Waals surface area contributed by atoms with Crippen molar-refractivity contribution in [1.82, 2.24) is 24.9 Å². The number of carbonyl (C=O) groups is 2. The van der Waals surface area contributed by atoms with Crippen LogP contribution in [0.5, 0.6) is 0 Å². The number of nitrogens with one attached hydrogen (secondary N) is 1. The van der Waals surface area contributed by atoms with Gasteiger partial charge in [-0.05, 0) is 25.5 Å². The monoisotopic (exact) mass is 277 g/mol. The van der Waals surface area contributed by atoms with Gasteiger partial charge in [0.15, 0.2) is 0 Å². The number of hydrogen-bond donors (Lipinski definition) is 1. The molecule has 2 aliphatic rings. The summed E-state index contributed by atoms with van der Waals surface area (Å²) in [5.41, 5.74) is 0. The molecular weight excluding hydrogens is 258 g/mol. The molecule has 0 spiro atoms. The van der Waals surface area contributed by atoms with Crippen LogP contribution in [0.2, 0.25) is 0 Å². The molecule has 3 rings (SSSR count). The average molecular weight is 277 g/mol. The maximum absolute atomic E-state index is 12.2. The topological polar surface area (TPSA) is 70.5 Å². The van der Waals surface area contributed by atoms with E-state index in [9.17, 15) is 9.59 Å². The van der Waals surface area contributed by atoms with Gasteiger partial charge in [0.1, 0.15) is 0 Å². The van der Waals surface area contributed by atoms with Gasteiger partial charge >= 0.3 is 6.03 Å². The van der Waals surface area contributed by atoms with Crippen LogP contribution in [0.1, 0.15) is 12.8 Å². The molecule has 1 atom stereocenters. The SMILES string of the molecule is O=C(CN1CCC[C@@H]1Cn1cccn1)N1CCNC1=O. The van der Waals surface area contributed by atoms with Crippen molar-refractivity contribution in [3.63, 3.8) is 0 Å². The van der Waals surface area contributed by atoms with Crippen LogP contribution < -0.4 is 5.32 Å². The van der Waals surface area contributed by atoms with Gasteiger partial charge in [0.05, 0.1) is 13.1 Å². The highest BCUT2D eigenvalue weighted by molar-refractivity contribution is 5.96. The van der Waals surface area contributed by atoms with Crippen LogP contribution in [0.15, 0.2) is 18.5 Å². The third kappa shape index (κ3) is 2.67. The summed E-state index contributed by atoms with van der Waals surface area (Å²) in [6.07, 6.45) is 5.86. The molecule has 1 N–H and O–H groups in total. The van der Waals surface area contributed by atoms with Crippen molar-refractivity contribution in [3.8, 4) is 0 Å². The molecule has 7 heteroatoms. The summed E-state index contributed by atoms with van der Waals surface area (Å²) < 4.78 is 1.90. The quantitative estimate of drug-likeness (QED) is 0.834. The number of imide groups is 1. The molecule has 3 heterocycles. The molecule has 0 aliphatic carbocycles. The lowest BCUT2D eigenvalue weighted by Gasteiger charge is -2.25. The van der Waals surface area contributed by atoms with Crippen molar-refractivity contribution >= 4 is 11.9 Å². The minimum Gasteiger partial charge on any atom is -0.336 e. The molecule has 0 aromatic carbocycles.